The van der Waals surface area contributed by atoms with Gasteiger partial charge in [-0.2, -0.15) is 0 Å². The molecule has 0 radical (unpaired) electrons. The van der Waals surface area contributed by atoms with Gasteiger partial charge in [0.15, 0.2) is 6.79 Å². The Hall–Kier alpha value is -2.86. The van der Waals surface area contributed by atoms with Crippen LogP contribution in [0, 0.1) is 0 Å². The van der Waals surface area contributed by atoms with Gasteiger partial charge in [-0.3, -0.25) is 4.79 Å². The highest BCUT2D eigenvalue weighted by Gasteiger charge is 2.19. The van der Waals surface area contributed by atoms with Crippen LogP contribution in [0.4, 0.5) is 0 Å². The van der Waals surface area contributed by atoms with E-state index in [1.54, 1.807) is 6.07 Å². The van der Waals surface area contributed by atoms with E-state index in [-0.39, 0.29) is 18.7 Å². The lowest BCUT2D eigenvalue weighted by atomic mass is 10.1. The largest absolute Gasteiger partial charge is 0.467 e. The van der Waals surface area contributed by atoms with Crippen molar-refractivity contribution in [3.05, 3.63) is 59.4 Å². The minimum Gasteiger partial charge on any atom is -0.467 e. The van der Waals surface area contributed by atoms with E-state index in [1.807, 2.05) is 43.3 Å². The first-order chi connectivity index (χ1) is 12.2. The minimum atomic E-state index is -0.177. The van der Waals surface area contributed by atoms with E-state index in [9.17, 15) is 4.79 Å². The Morgan fingerprint density at radius 2 is 2.20 bits per heavy atom. The fourth-order valence-electron chi connectivity index (χ4n) is 2.97. The zero-order valence-corrected chi connectivity index (χ0v) is 13.9. The third-order valence-electron chi connectivity index (χ3n) is 4.33. The zero-order chi connectivity index (χ0) is 17.2. The van der Waals surface area contributed by atoms with Crippen molar-refractivity contribution < 1.29 is 14.3 Å². The quantitative estimate of drug-likeness (QED) is 0.766. The fraction of sp³-hybridized carbons (Fsp3) is 0.263. The summed E-state index contributed by atoms with van der Waals surface area (Å²) in [7, 11) is 0. The van der Waals surface area contributed by atoms with Gasteiger partial charge in [0.1, 0.15) is 11.6 Å². The van der Waals surface area contributed by atoms with Gasteiger partial charge >= 0.3 is 0 Å². The number of H-pyrrole nitrogens is 1. The van der Waals surface area contributed by atoms with E-state index in [2.05, 4.69) is 15.3 Å². The number of ether oxygens (including phenoxy) is 2. The molecule has 1 aliphatic heterocycles. The van der Waals surface area contributed by atoms with Crippen LogP contribution in [-0.4, -0.2) is 22.7 Å². The number of para-hydroxylation sites is 2. The molecule has 128 valence electrons. The van der Waals surface area contributed by atoms with E-state index in [0.29, 0.717) is 12.2 Å². The van der Waals surface area contributed by atoms with Gasteiger partial charge in [0.25, 0.3) is 5.91 Å². The van der Waals surface area contributed by atoms with Gasteiger partial charge in [0.05, 0.1) is 23.7 Å². The van der Waals surface area contributed by atoms with Crippen LogP contribution in [0.25, 0.3) is 11.0 Å². The molecule has 4 rings (SSSR count). The Balaban J connectivity index is 1.55. The molecule has 6 nitrogen and oxygen atoms in total. The average molecular weight is 337 g/mol. The van der Waals surface area contributed by atoms with Gasteiger partial charge in [0.2, 0.25) is 0 Å². The highest BCUT2D eigenvalue weighted by molar-refractivity contribution is 5.94. The van der Waals surface area contributed by atoms with Crippen LogP contribution in [0.1, 0.15) is 41.1 Å². The number of amides is 1. The molecule has 1 atom stereocenters. The number of nitrogens with zero attached hydrogens (tertiary/aromatic N) is 1. The number of fused-ring (bicyclic) bond motifs is 2. The molecule has 1 aromatic heterocycles. The van der Waals surface area contributed by atoms with Gasteiger partial charge in [-0.25, -0.2) is 4.98 Å². The predicted molar refractivity (Wildman–Crippen MR) is 93.3 cm³/mol. The van der Waals surface area contributed by atoms with Gasteiger partial charge in [-0.15, -0.1) is 0 Å². The number of nitrogens with one attached hydrogen (secondary N) is 2. The topological polar surface area (TPSA) is 76.2 Å². The van der Waals surface area contributed by atoms with E-state index >= 15 is 0 Å². The van der Waals surface area contributed by atoms with Crippen LogP contribution in [0.5, 0.6) is 5.75 Å². The van der Waals surface area contributed by atoms with Crippen molar-refractivity contribution in [3.8, 4) is 5.75 Å². The normalized spacial score (nSPS) is 14.6. The monoisotopic (exact) mass is 337 g/mol. The first kappa shape index (κ1) is 15.7. The third kappa shape index (κ3) is 3.08. The number of carbonyl (C=O) groups is 1. The van der Waals surface area contributed by atoms with Crippen LogP contribution < -0.4 is 10.1 Å². The summed E-state index contributed by atoms with van der Waals surface area (Å²) in [5.74, 6) is 1.40. The number of rotatable bonds is 4. The highest BCUT2D eigenvalue weighted by atomic mass is 16.7. The molecule has 2 N–H and O–H groups in total. The summed E-state index contributed by atoms with van der Waals surface area (Å²) in [6.45, 7) is 2.73. The van der Waals surface area contributed by atoms with Crippen LogP contribution >= 0.6 is 0 Å². The molecule has 0 saturated heterocycles. The first-order valence-electron chi connectivity index (χ1n) is 8.33. The summed E-state index contributed by atoms with van der Waals surface area (Å²) in [5.41, 5.74) is 3.33. The molecule has 1 aliphatic rings. The molecular formula is C19H19N3O3. The summed E-state index contributed by atoms with van der Waals surface area (Å²) in [5, 5.41) is 3.05. The molecule has 0 fully saturated rings. The van der Waals surface area contributed by atoms with E-state index in [0.717, 1.165) is 34.6 Å². The second-order valence-electron chi connectivity index (χ2n) is 6.01. The summed E-state index contributed by atoms with van der Waals surface area (Å²) < 4.78 is 10.7. The second-order valence-corrected chi connectivity index (χ2v) is 6.01. The second kappa shape index (κ2) is 6.57. The van der Waals surface area contributed by atoms with Crippen molar-refractivity contribution in [1.82, 2.24) is 15.3 Å². The van der Waals surface area contributed by atoms with Crippen molar-refractivity contribution in [2.75, 3.05) is 6.79 Å². The fourth-order valence-corrected chi connectivity index (χ4v) is 2.97. The molecule has 0 bridgehead atoms. The lowest BCUT2D eigenvalue weighted by molar-refractivity contribution is -0.0163. The SMILES string of the molecule is CC[C@H](NC(=O)c1ccc2c(c1)COCO2)c1nc2ccccc2[nH]1. The number of aromatic nitrogens is 2. The molecule has 25 heavy (non-hydrogen) atoms. The number of hydrogen-bond acceptors (Lipinski definition) is 4. The van der Waals surface area contributed by atoms with Crippen molar-refractivity contribution in [2.24, 2.45) is 0 Å². The van der Waals surface area contributed by atoms with Gasteiger partial charge in [-0.1, -0.05) is 19.1 Å². The number of carbonyl (C=O) groups excluding carboxylic acids is 1. The maximum atomic E-state index is 12.7. The maximum Gasteiger partial charge on any atom is 0.251 e. The Morgan fingerprint density at radius 1 is 1.32 bits per heavy atom. The maximum absolute atomic E-state index is 12.7. The molecule has 0 spiro atoms. The number of aromatic amines is 1. The van der Waals surface area contributed by atoms with Crippen molar-refractivity contribution in [3.63, 3.8) is 0 Å². The molecule has 0 aliphatic carbocycles. The van der Waals surface area contributed by atoms with Crippen LogP contribution in [0.15, 0.2) is 42.5 Å². The minimum absolute atomic E-state index is 0.138. The van der Waals surface area contributed by atoms with E-state index in [1.165, 1.54) is 0 Å². The molecule has 6 heteroatoms. The zero-order valence-electron chi connectivity index (χ0n) is 13.9. The van der Waals surface area contributed by atoms with Crippen LogP contribution in [0.3, 0.4) is 0 Å². The Labute approximate surface area is 145 Å². The smallest absolute Gasteiger partial charge is 0.251 e. The van der Waals surface area contributed by atoms with Gasteiger partial charge in [-0.05, 0) is 36.8 Å². The van der Waals surface area contributed by atoms with Crippen LogP contribution in [-0.2, 0) is 11.3 Å². The summed E-state index contributed by atoms with van der Waals surface area (Å²) in [6.07, 6.45) is 0.739. The highest BCUT2D eigenvalue weighted by Crippen LogP contribution is 2.25. The van der Waals surface area contributed by atoms with E-state index in [4.69, 9.17) is 9.47 Å². The average Bonchev–Trinajstić information content (AvgIpc) is 3.09. The van der Waals surface area contributed by atoms with Crippen LogP contribution in [0.2, 0.25) is 0 Å². The molecule has 2 aromatic carbocycles. The first-order valence-corrected chi connectivity index (χ1v) is 8.33. The van der Waals surface area contributed by atoms with Crippen molar-refractivity contribution >= 4 is 16.9 Å². The molecule has 2 heterocycles. The number of imidazole rings is 1. The Kier molecular flexibility index (Phi) is 4.11. The molecule has 0 unspecified atom stereocenters. The Bertz CT molecular complexity index is 886. The number of hydrogen-bond donors (Lipinski definition) is 2. The van der Waals surface area contributed by atoms with Gasteiger partial charge in [0, 0.05) is 11.1 Å². The van der Waals surface area contributed by atoms with Crippen molar-refractivity contribution in [2.45, 2.75) is 26.0 Å². The summed E-state index contributed by atoms with van der Waals surface area (Å²) in [4.78, 5) is 20.5. The molecule has 3 aromatic rings. The summed E-state index contributed by atoms with van der Waals surface area (Å²) >= 11 is 0. The van der Waals surface area contributed by atoms with Gasteiger partial charge < -0.3 is 19.8 Å². The predicted octanol–water partition coefficient (Wildman–Crippen LogP) is 3.31. The molecule has 0 saturated carbocycles. The van der Waals surface area contributed by atoms with Crippen molar-refractivity contribution in [1.29, 1.82) is 0 Å². The molecular weight excluding hydrogens is 318 g/mol. The molecule has 1 amide bonds. The van der Waals surface area contributed by atoms with E-state index < -0.39 is 0 Å². The standard InChI is InChI=1S/C19H19N3O3/c1-2-14(18-20-15-5-3-4-6-16(15)21-18)22-19(23)12-7-8-17-13(9-12)10-24-11-25-17/h3-9,14H,2,10-11H2,1H3,(H,20,21)(H,22,23)/t14-/m0/s1. The lowest BCUT2D eigenvalue weighted by Crippen LogP contribution is -2.29. The Morgan fingerprint density at radius 3 is 3.04 bits per heavy atom. The number of benzene rings is 2. The summed E-state index contributed by atoms with van der Waals surface area (Å²) in [6, 6.07) is 13.1. The lowest BCUT2D eigenvalue weighted by Gasteiger charge is -2.19. The third-order valence-corrected chi connectivity index (χ3v) is 4.33.